The zero-order valence-corrected chi connectivity index (χ0v) is 18.5. The van der Waals surface area contributed by atoms with Gasteiger partial charge >= 0.3 is 0 Å². The summed E-state index contributed by atoms with van der Waals surface area (Å²) in [7, 11) is 1.64. The minimum absolute atomic E-state index is 0.0640. The molecule has 0 bridgehead atoms. The van der Waals surface area contributed by atoms with E-state index in [-0.39, 0.29) is 11.8 Å². The lowest BCUT2D eigenvalue weighted by Gasteiger charge is -2.33. The maximum Gasteiger partial charge on any atom is 0.222 e. The Balaban J connectivity index is 1.34. The highest BCUT2D eigenvalue weighted by molar-refractivity contribution is 5.76. The summed E-state index contributed by atoms with van der Waals surface area (Å²) in [6.45, 7) is 2.14. The number of methoxy groups -OCH3 is 1. The molecule has 0 saturated carbocycles. The number of amides is 2. The molecule has 0 radical (unpaired) electrons. The molecule has 1 N–H and O–H groups in total. The highest BCUT2D eigenvalue weighted by atomic mass is 16.5. The second-order valence-electron chi connectivity index (χ2n) is 8.35. The largest absolute Gasteiger partial charge is 0.497 e. The van der Waals surface area contributed by atoms with Crippen LogP contribution in [0.25, 0.3) is 0 Å². The summed E-state index contributed by atoms with van der Waals surface area (Å²) < 4.78 is 5.22. The predicted molar refractivity (Wildman–Crippen MR) is 123 cm³/mol. The molecule has 3 rings (SSSR count). The highest BCUT2D eigenvalue weighted by Gasteiger charge is 2.23. The molecule has 166 valence electrons. The third-order valence-electron chi connectivity index (χ3n) is 5.97. The van der Waals surface area contributed by atoms with Gasteiger partial charge in [-0.2, -0.15) is 0 Å². The van der Waals surface area contributed by atoms with Crippen LogP contribution in [-0.2, 0) is 22.6 Å². The van der Waals surface area contributed by atoms with Gasteiger partial charge in [-0.05, 0) is 61.3 Å². The third kappa shape index (κ3) is 7.74. The molecule has 1 fully saturated rings. The topological polar surface area (TPSA) is 58.6 Å². The van der Waals surface area contributed by atoms with E-state index in [0.29, 0.717) is 25.3 Å². The van der Waals surface area contributed by atoms with Crippen molar-refractivity contribution in [3.63, 3.8) is 0 Å². The molecule has 0 aliphatic carbocycles. The van der Waals surface area contributed by atoms with Crippen molar-refractivity contribution in [1.82, 2.24) is 10.2 Å². The van der Waals surface area contributed by atoms with Crippen LogP contribution in [0.2, 0.25) is 0 Å². The van der Waals surface area contributed by atoms with Gasteiger partial charge in [-0.1, -0.05) is 42.5 Å². The molecule has 2 aromatic rings. The number of nitrogens with zero attached hydrogens (tertiary/aromatic N) is 1. The van der Waals surface area contributed by atoms with Crippen LogP contribution in [0.5, 0.6) is 5.75 Å². The molecule has 0 aromatic heterocycles. The molecule has 5 heteroatoms. The summed E-state index contributed by atoms with van der Waals surface area (Å²) in [5.74, 6) is 1.52. The zero-order valence-electron chi connectivity index (χ0n) is 18.5. The van der Waals surface area contributed by atoms with Gasteiger partial charge in [0, 0.05) is 32.5 Å². The van der Waals surface area contributed by atoms with Gasteiger partial charge < -0.3 is 15.0 Å². The molecular formula is C26H34N2O3. The van der Waals surface area contributed by atoms with Crippen LogP contribution in [0.3, 0.4) is 0 Å². The first-order valence-electron chi connectivity index (χ1n) is 11.4. The van der Waals surface area contributed by atoms with E-state index in [0.717, 1.165) is 56.5 Å². The van der Waals surface area contributed by atoms with Crippen LogP contribution >= 0.6 is 0 Å². The number of aryl methyl sites for hydroxylation is 1. The third-order valence-corrected chi connectivity index (χ3v) is 5.97. The maximum absolute atomic E-state index is 12.6. The number of hydrogen-bond donors (Lipinski definition) is 1. The van der Waals surface area contributed by atoms with Crippen LogP contribution in [0.15, 0.2) is 54.6 Å². The van der Waals surface area contributed by atoms with Crippen LogP contribution in [0.4, 0.5) is 0 Å². The van der Waals surface area contributed by atoms with Crippen LogP contribution in [-0.4, -0.2) is 36.9 Å². The lowest BCUT2D eigenvalue weighted by atomic mass is 9.93. The average Bonchev–Trinajstić information content (AvgIpc) is 2.82. The van der Waals surface area contributed by atoms with Gasteiger partial charge in [-0.25, -0.2) is 0 Å². The monoisotopic (exact) mass is 422 g/mol. The summed E-state index contributed by atoms with van der Waals surface area (Å²) in [5, 5.41) is 2.99. The second-order valence-corrected chi connectivity index (χ2v) is 8.35. The number of benzene rings is 2. The number of nitrogens with one attached hydrogen (secondary N) is 1. The fourth-order valence-electron chi connectivity index (χ4n) is 4.18. The average molecular weight is 423 g/mol. The summed E-state index contributed by atoms with van der Waals surface area (Å²) in [5.41, 5.74) is 2.31. The van der Waals surface area contributed by atoms with Crippen LogP contribution in [0, 0.1) is 5.92 Å². The maximum atomic E-state index is 12.6. The smallest absolute Gasteiger partial charge is 0.222 e. The Morgan fingerprint density at radius 1 is 1.06 bits per heavy atom. The number of rotatable bonds is 10. The number of carbonyl (C=O) groups excluding carboxylic acids is 2. The Morgan fingerprint density at radius 2 is 1.87 bits per heavy atom. The van der Waals surface area contributed by atoms with Crippen LogP contribution in [0.1, 0.15) is 49.7 Å². The van der Waals surface area contributed by atoms with E-state index in [9.17, 15) is 9.59 Å². The first kappa shape index (κ1) is 22.9. The molecule has 1 saturated heterocycles. The van der Waals surface area contributed by atoms with Gasteiger partial charge in [0.25, 0.3) is 0 Å². The summed E-state index contributed by atoms with van der Waals surface area (Å²) >= 11 is 0. The van der Waals surface area contributed by atoms with Crippen molar-refractivity contribution in [3.8, 4) is 5.75 Å². The molecule has 31 heavy (non-hydrogen) atoms. The van der Waals surface area contributed by atoms with Gasteiger partial charge in [0.1, 0.15) is 5.75 Å². The van der Waals surface area contributed by atoms with Gasteiger partial charge in [0.05, 0.1) is 7.11 Å². The summed E-state index contributed by atoms with van der Waals surface area (Å²) in [4.78, 5) is 26.9. The van der Waals surface area contributed by atoms with Gasteiger partial charge in [0.2, 0.25) is 11.8 Å². The molecule has 1 aliphatic rings. The quantitative estimate of drug-likeness (QED) is 0.619. The normalized spacial score (nSPS) is 16.0. The van der Waals surface area contributed by atoms with E-state index in [1.165, 1.54) is 5.56 Å². The number of hydrogen-bond acceptors (Lipinski definition) is 3. The van der Waals surface area contributed by atoms with E-state index in [1.54, 1.807) is 7.11 Å². The van der Waals surface area contributed by atoms with Crippen molar-refractivity contribution in [2.75, 3.05) is 20.2 Å². The van der Waals surface area contributed by atoms with Crippen LogP contribution < -0.4 is 10.1 Å². The van der Waals surface area contributed by atoms with E-state index < -0.39 is 0 Å². The van der Waals surface area contributed by atoms with Gasteiger partial charge in [-0.3, -0.25) is 9.59 Å². The molecule has 0 unspecified atom stereocenters. The SMILES string of the molecule is COc1cccc(CNC(=O)CC[C@H]2CCCN(C(=O)CCCc3ccccc3)C2)c1. The highest BCUT2D eigenvalue weighted by Crippen LogP contribution is 2.22. The molecular weight excluding hydrogens is 388 g/mol. The Kier molecular flexibility index (Phi) is 8.95. The lowest BCUT2D eigenvalue weighted by Crippen LogP contribution is -2.40. The first-order valence-corrected chi connectivity index (χ1v) is 11.4. The van der Waals surface area contributed by atoms with E-state index in [4.69, 9.17) is 4.74 Å². The second kappa shape index (κ2) is 12.1. The zero-order chi connectivity index (χ0) is 21.9. The van der Waals surface area contributed by atoms with Crippen molar-refractivity contribution < 1.29 is 14.3 Å². The Morgan fingerprint density at radius 3 is 2.68 bits per heavy atom. The standard InChI is InChI=1S/C26H34N2O3/c1-31-24-13-5-11-23(18-24)19-27-25(29)16-15-22-12-7-17-28(20-22)26(30)14-6-10-21-8-3-2-4-9-21/h2-5,8-9,11,13,18,22H,6-7,10,12,14-17,19-20H2,1H3,(H,27,29)/t22-/m1/s1. The summed E-state index contributed by atoms with van der Waals surface area (Å²) in [6.07, 6.45) is 5.89. The molecule has 0 spiro atoms. The van der Waals surface area contributed by atoms with E-state index in [1.807, 2.05) is 47.4 Å². The Bertz CT molecular complexity index is 838. The number of carbonyl (C=O) groups is 2. The Hall–Kier alpha value is -2.82. The van der Waals surface area contributed by atoms with E-state index in [2.05, 4.69) is 17.4 Å². The number of piperidine rings is 1. The molecule has 5 nitrogen and oxygen atoms in total. The van der Waals surface area contributed by atoms with E-state index >= 15 is 0 Å². The summed E-state index contributed by atoms with van der Waals surface area (Å²) in [6, 6.07) is 18.0. The molecule has 1 aliphatic heterocycles. The van der Waals surface area contributed by atoms with Crippen molar-refractivity contribution in [1.29, 1.82) is 0 Å². The van der Waals surface area contributed by atoms with Crippen molar-refractivity contribution >= 4 is 11.8 Å². The van der Waals surface area contributed by atoms with Gasteiger partial charge in [0.15, 0.2) is 0 Å². The first-order chi connectivity index (χ1) is 15.1. The fraction of sp³-hybridized carbons (Fsp3) is 0.462. The minimum atomic E-state index is 0.0640. The Labute approximate surface area is 185 Å². The molecule has 1 atom stereocenters. The number of ether oxygens (including phenoxy) is 1. The predicted octanol–water partition coefficient (Wildman–Crippen LogP) is 4.35. The van der Waals surface area contributed by atoms with Crippen molar-refractivity contribution in [3.05, 3.63) is 65.7 Å². The number of likely N-dealkylation sites (tertiary alicyclic amines) is 1. The molecule has 1 heterocycles. The molecule has 2 aromatic carbocycles. The lowest BCUT2D eigenvalue weighted by molar-refractivity contribution is -0.133. The van der Waals surface area contributed by atoms with Crippen molar-refractivity contribution in [2.45, 2.75) is 51.5 Å². The molecule has 2 amide bonds. The van der Waals surface area contributed by atoms with Gasteiger partial charge in [-0.15, -0.1) is 0 Å². The van der Waals surface area contributed by atoms with Crippen molar-refractivity contribution in [2.24, 2.45) is 5.92 Å². The minimum Gasteiger partial charge on any atom is -0.497 e. The fourth-order valence-corrected chi connectivity index (χ4v) is 4.18.